The molecular weight excluding hydrogens is 360 g/mol. The normalized spacial score (nSPS) is 20.8. The third-order valence-electron chi connectivity index (χ3n) is 5.40. The van der Waals surface area contributed by atoms with E-state index in [-0.39, 0.29) is 29.7 Å². The summed E-state index contributed by atoms with van der Waals surface area (Å²) in [4.78, 5) is 26.2. The lowest BCUT2D eigenvalue weighted by atomic mass is 9.73. The van der Waals surface area contributed by atoms with Gasteiger partial charge in [-0.05, 0) is 36.0 Å². The first kappa shape index (κ1) is 21.5. The van der Waals surface area contributed by atoms with Crippen LogP contribution in [0.1, 0.15) is 45.1 Å². The molecule has 1 aliphatic heterocycles. The smallest absolute Gasteiger partial charge is 0.407 e. The minimum absolute atomic E-state index is 0.172. The monoisotopic (exact) mass is 388 g/mol. The van der Waals surface area contributed by atoms with Crippen molar-refractivity contribution in [3.63, 3.8) is 0 Å². The number of carbonyl (C=O) groups excluding carboxylic acids is 1. The SMILES string of the molecule is COc1ccc(C(C#N)C(=O)C2CCN(C(=O)O)C(C(C)(C)C)C2)cc1OC. The summed E-state index contributed by atoms with van der Waals surface area (Å²) in [6, 6.07) is 6.86. The zero-order valence-corrected chi connectivity index (χ0v) is 17.1. The van der Waals surface area contributed by atoms with Gasteiger partial charge in [-0.3, -0.25) is 4.79 Å². The van der Waals surface area contributed by atoms with Gasteiger partial charge in [-0.2, -0.15) is 5.26 Å². The van der Waals surface area contributed by atoms with E-state index >= 15 is 0 Å². The molecule has 0 bridgehead atoms. The number of hydrogen-bond acceptors (Lipinski definition) is 5. The molecule has 152 valence electrons. The average Bonchev–Trinajstić information content (AvgIpc) is 2.66. The number of Topliss-reactive ketones (excluding diaryl/α,β-unsaturated/α-hetero) is 1. The maximum atomic E-state index is 13.2. The van der Waals surface area contributed by atoms with Gasteiger partial charge in [-0.1, -0.05) is 26.8 Å². The minimum Gasteiger partial charge on any atom is -0.493 e. The highest BCUT2D eigenvalue weighted by Crippen LogP contribution is 2.38. The molecule has 0 radical (unpaired) electrons. The van der Waals surface area contributed by atoms with Gasteiger partial charge in [0.2, 0.25) is 0 Å². The number of rotatable bonds is 5. The van der Waals surface area contributed by atoms with Crippen molar-refractivity contribution < 1.29 is 24.2 Å². The Bertz CT molecular complexity index is 778. The standard InChI is InChI=1S/C21H28N2O5/c1-21(2,3)18-11-14(8-9-23(18)20(25)26)19(24)15(12-22)13-6-7-16(27-4)17(10-13)28-5/h6-7,10,14-15,18H,8-9,11H2,1-5H3,(H,25,26). The number of hydrogen-bond donors (Lipinski definition) is 1. The second kappa shape index (κ2) is 8.51. The Hall–Kier alpha value is -2.75. The summed E-state index contributed by atoms with van der Waals surface area (Å²) in [7, 11) is 3.02. The highest BCUT2D eigenvalue weighted by molar-refractivity contribution is 5.90. The predicted molar refractivity (Wildman–Crippen MR) is 104 cm³/mol. The number of piperidine rings is 1. The van der Waals surface area contributed by atoms with Crippen molar-refractivity contribution in [2.24, 2.45) is 11.3 Å². The molecule has 0 spiro atoms. The molecule has 7 heteroatoms. The Balaban J connectivity index is 2.28. The lowest BCUT2D eigenvalue weighted by Gasteiger charge is -2.44. The molecular formula is C21H28N2O5. The molecule has 0 aromatic heterocycles. The Morgan fingerprint density at radius 1 is 1.25 bits per heavy atom. The molecule has 1 amide bonds. The molecule has 3 atom stereocenters. The zero-order valence-electron chi connectivity index (χ0n) is 17.1. The fraction of sp³-hybridized carbons (Fsp3) is 0.571. The summed E-state index contributed by atoms with van der Waals surface area (Å²) in [5.74, 6) is -0.479. The second-order valence-electron chi connectivity index (χ2n) is 8.16. The Morgan fingerprint density at radius 3 is 2.39 bits per heavy atom. The van der Waals surface area contributed by atoms with Gasteiger partial charge in [0.15, 0.2) is 17.3 Å². The van der Waals surface area contributed by atoms with E-state index in [2.05, 4.69) is 6.07 Å². The molecule has 1 saturated heterocycles. The van der Waals surface area contributed by atoms with Gasteiger partial charge in [0.1, 0.15) is 5.92 Å². The van der Waals surface area contributed by atoms with Crippen LogP contribution in [0.4, 0.5) is 4.79 Å². The molecule has 3 unspecified atom stereocenters. The van der Waals surface area contributed by atoms with Crippen LogP contribution in [0.15, 0.2) is 18.2 Å². The average molecular weight is 388 g/mol. The molecule has 0 saturated carbocycles. The van der Waals surface area contributed by atoms with Gasteiger partial charge < -0.3 is 19.5 Å². The molecule has 2 rings (SSSR count). The van der Waals surface area contributed by atoms with Crippen molar-refractivity contribution in [3.05, 3.63) is 23.8 Å². The van der Waals surface area contributed by atoms with Crippen molar-refractivity contribution >= 4 is 11.9 Å². The lowest BCUT2D eigenvalue weighted by molar-refractivity contribution is -0.125. The number of carbonyl (C=O) groups is 2. The van der Waals surface area contributed by atoms with Crippen molar-refractivity contribution in [1.82, 2.24) is 4.90 Å². The van der Waals surface area contributed by atoms with Gasteiger partial charge in [-0.25, -0.2) is 4.79 Å². The first-order valence-electron chi connectivity index (χ1n) is 9.28. The van der Waals surface area contributed by atoms with Gasteiger partial charge in [0, 0.05) is 18.5 Å². The molecule has 1 aliphatic rings. The predicted octanol–water partition coefficient (Wildman–Crippen LogP) is 3.68. The van der Waals surface area contributed by atoms with Crippen LogP contribution in [-0.4, -0.2) is 48.7 Å². The van der Waals surface area contributed by atoms with Gasteiger partial charge in [-0.15, -0.1) is 0 Å². The highest BCUT2D eigenvalue weighted by Gasteiger charge is 2.42. The molecule has 1 aromatic rings. The fourth-order valence-corrected chi connectivity index (χ4v) is 3.84. The maximum Gasteiger partial charge on any atom is 0.407 e. The second-order valence-corrected chi connectivity index (χ2v) is 8.16. The molecule has 28 heavy (non-hydrogen) atoms. The topological polar surface area (TPSA) is 99.9 Å². The third kappa shape index (κ3) is 4.38. The third-order valence-corrected chi connectivity index (χ3v) is 5.40. The molecule has 1 N–H and O–H groups in total. The maximum absolute atomic E-state index is 13.2. The van der Waals surface area contributed by atoms with Crippen LogP contribution in [0.3, 0.4) is 0 Å². The van der Waals surface area contributed by atoms with Crippen molar-refractivity contribution in [3.8, 4) is 17.6 Å². The van der Waals surface area contributed by atoms with E-state index < -0.39 is 12.0 Å². The molecule has 1 heterocycles. The number of benzene rings is 1. The van der Waals surface area contributed by atoms with Crippen LogP contribution in [0.25, 0.3) is 0 Å². The molecule has 1 aromatic carbocycles. The zero-order chi connectivity index (χ0) is 21.1. The van der Waals surface area contributed by atoms with E-state index in [0.29, 0.717) is 29.9 Å². The van der Waals surface area contributed by atoms with Crippen LogP contribution < -0.4 is 9.47 Å². The fourth-order valence-electron chi connectivity index (χ4n) is 3.84. The number of carboxylic acid groups (broad SMARTS) is 1. The van der Waals surface area contributed by atoms with E-state index in [4.69, 9.17) is 9.47 Å². The van der Waals surface area contributed by atoms with Crippen LogP contribution in [0.5, 0.6) is 11.5 Å². The summed E-state index contributed by atoms with van der Waals surface area (Å²) in [5, 5.41) is 19.2. The number of amides is 1. The van der Waals surface area contributed by atoms with Crippen molar-refractivity contribution in [2.75, 3.05) is 20.8 Å². The molecule has 1 fully saturated rings. The Kier molecular flexibility index (Phi) is 6.55. The lowest BCUT2D eigenvalue weighted by Crippen LogP contribution is -2.52. The summed E-state index contributed by atoms with van der Waals surface area (Å²) in [6.07, 6.45) is -0.133. The number of ether oxygens (including phenoxy) is 2. The summed E-state index contributed by atoms with van der Waals surface area (Å²) >= 11 is 0. The number of methoxy groups -OCH3 is 2. The van der Waals surface area contributed by atoms with E-state index in [9.17, 15) is 20.0 Å². The summed E-state index contributed by atoms with van der Waals surface area (Å²) < 4.78 is 10.5. The molecule has 0 aliphatic carbocycles. The van der Waals surface area contributed by atoms with Crippen molar-refractivity contribution in [2.45, 2.75) is 45.6 Å². The first-order chi connectivity index (χ1) is 13.1. The van der Waals surface area contributed by atoms with Crippen LogP contribution in [-0.2, 0) is 4.79 Å². The van der Waals surface area contributed by atoms with E-state index in [1.54, 1.807) is 18.2 Å². The minimum atomic E-state index is -0.970. The number of likely N-dealkylation sites (tertiary alicyclic amines) is 1. The summed E-state index contributed by atoms with van der Waals surface area (Å²) in [6.45, 7) is 6.20. The number of ketones is 1. The first-order valence-corrected chi connectivity index (χ1v) is 9.28. The summed E-state index contributed by atoms with van der Waals surface area (Å²) in [5.41, 5.74) is 0.251. The van der Waals surface area contributed by atoms with E-state index in [1.807, 2.05) is 20.8 Å². The van der Waals surface area contributed by atoms with E-state index in [1.165, 1.54) is 19.1 Å². The number of nitrogens with zero attached hydrogens (tertiary/aromatic N) is 2. The Labute approximate surface area is 165 Å². The van der Waals surface area contributed by atoms with Gasteiger partial charge in [0.25, 0.3) is 0 Å². The number of nitriles is 1. The van der Waals surface area contributed by atoms with Crippen LogP contribution >= 0.6 is 0 Å². The Morgan fingerprint density at radius 2 is 1.89 bits per heavy atom. The van der Waals surface area contributed by atoms with Crippen LogP contribution in [0.2, 0.25) is 0 Å². The van der Waals surface area contributed by atoms with Crippen LogP contribution in [0, 0.1) is 22.7 Å². The highest BCUT2D eigenvalue weighted by atomic mass is 16.5. The quantitative estimate of drug-likeness (QED) is 0.826. The van der Waals surface area contributed by atoms with Gasteiger partial charge in [0.05, 0.1) is 20.3 Å². The molecule has 7 nitrogen and oxygen atoms in total. The largest absolute Gasteiger partial charge is 0.493 e. The van der Waals surface area contributed by atoms with E-state index in [0.717, 1.165) is 0 Å². The van der Waals surface area contributed by atoms with Gasteiger partial charge >= 0.3 is 6.09 Å². The van der Waals surface area contributed by atoms with Crippen molar-refractivity contribution in [1.29, 1.82) is 5.26 Å².